The topological polar surface area (TPSA) is 48.0 Å². The molecule has 0 bridgehead atoms. The van der Waals surface area contributed by atoms with Crippen LogP contribution in [0, 0.1) is 13.8 Å². The first-order valence-corrected chi connectivity index (χ1v) is 11.8. The highest BCUT2D eigenvalue weighted by atomic mass is 16.5. The first-order valence-electron chi connectivity index (χ1n) is 11.8. The third-order valence-electron chi connectivity index (χ3n) is 6.76. The molecule has 0 saturated carbocycles. The Balaban J connectivity index is 1.69. The Labute approximate surface area is 202 Å². The Hall–Kier alpha value is -3.47. The highest BCUT2D eigenvalue weighted by molar-refractivity contribution is 5.95. The summed E-state index contributed by atoms with van der Waals surface area (Å²) in [6.07, 6.45) is 1.73. The SMILES string of the molecule is CCc1ccc(OCC2c3cc(OC)c(OC)cc3CCN2C(=O)c2ccc(C)c(C)c2)cc1. The molecule has 1 aliphatic rings. The molecule has 4 rings (SSSR count). The van der Waals surface area contributed by atoms with Gasteiger partial charge in [-0.05, 0) is 90.9 Å². The molecule has 5 nitrogen and oxygen atoms in total. The summed E-state index contributed by atoms with van der Waals surface area (Å²) in [5.41, 5.74) is 6.43. The van der Waals surface area contributed by atoms with Crippen LogP contribution in [0.25, 0.3) is 0 Å². The van der Waals surface area contributed by atoms with Crippen LogP contribution in [0.4, 0.5) is 0 Å². The molecule has 178 valence electrons. The van der Waals surface area contributed by atoms with E-state index in [1.54, 1.807) is 14.2 Å². The zero-order chi connectivity index (χ0) is 24.2. The first kappa shape index (κ1) is 23.7. The Morgan fingerprint density at radius 1 is 0.941 bits per heavy atom. The largest absolute Gasteiger partial charge is 0.493 e. The molecule has 0 saturated heterocycles. The van der Waals surface area contributed by atoms with Crippen molar-refractivity contribution in [1.82, 2.24) is 4.90 Å². The van der Waals surface area contributed by atoms with E-state index in [1.165, 1.54) is 11.1 Å². The average molecular weight is 460 g/mol. The van der Waals surface area contributed by atoms with Crippen LogP contribution in [0.2, 0.25) is 0 Å². The van der Waals surface area contributed by atoms with Crippen LogP contribution in [0.3, 0.4) is 0 Å². The van der Waals surface area contributed by atoms with Crippen molar-refractivity contribution in [2.24, 2.45) is 0 Å². The summed E-state index contributed by atoms with van der Waals surface area (Å²) in [5.74, 6) is 2.16. The lowest BCUT2D eigenvalue weighted by Gasteiger charge is -2.37. The number of fused-ring (bicyclic) bond motifs is 1. The van der Waals surface area contributed by atoms with Crippen LogP contribution in [-0.2, 0) is 12.8 Å². The van der Waals surface area contributed by atoms with E-state index in [1.807, 2.05) is 54.3 Å². The van der Waals surface area contributed by atoms with Crippen molar-refractivity contribution in [2.45, 2.75) is 39.7 Å². The second kappa shape index (κ2) is 10.2. The summed E-state index contributed by atoms with van der Waals surface area (Å²) < 4.78 is 17.3. The standard InChI is InChI=1S/C29H33NO4/c1-6-21-8-11-24(12-9-21)34-18-26-25-17-28(33-5)27(32-4)16-22(25)13-14-30(26)29(31)23-10-7-19(2)20(3)15-23/h7-12,15-17,26H,6,13-14,18H2,1-5H3. The van der Waals surface area contributed by atoms with Crippen LogP contribution in [0.15, 0.2) is 54.6 Å². The van der Waals surface area contributed by atoms with E-state index in [4.69, 9.17) is 14.2 Å². The number of hydrogen-bond donors (Lipinski definition) is 0. The van der Waals surface area contributed by atoms with Crippen molar-refractivity contribution in [3.05, 3.63) is 88.0 Å². The number of carbonyl (C=O) groups is 1. The molecule has 0 aliphatic carbocycles. The molecule has 0 radical (unpaired) electrons. The van der Waals surface area contributed by atoms with E-state index in [9.17, 15) is 4.79 Å². The van der Waals surface area contributed by atoms with Crippen LogP contribution in [0.1, 0.15) is 51.1 Å². The number of hydrogen-bond acceptors (Lipinski definition) is 4. The summed E-state index contributed by atoms with van der Waals surface area (Å²) in [4.78, 5) is 15.6. The Morgan fingerprint density at radius 2 is 1.65 bits per heavy atom. The number of aryl methyl sites for hydroxylation is 3. The zero-order valence-corrected chi connectivity index (χ0v) is 20.7. The lowest BCUT2D eigenvalue weighted by molar-refractivity contribution is 0.0589. The molecular weight excluding hydrogens is 426 g/mol. The number of rotatable bonds is 7. The minimum atomic E-state index is -0.247. The van der Waals surface area contributed by atoms with Gasteiger partial charge in [-0.15, -0.1) is 0 Å². The Bertz CT molecular complexity index is 1170. The molecule has 0 fully saturated rings. The fourth-order valence-electron chi connectivity index (χ4n) is 4.49. The van der Waals surface area contributed by atoms with Gasteiger partial charge in [0.2, 0.25) is 0 Å². The molecule has 34 heavy (non-hydrogen) atoms. The number of ether oxygens (including phenoxy) is 3. The van der Waals surface area contributed by atoms with Crippen molar-refractivity contribution < 1.29 is 19.0 Å². The van der Waals surface area contributed by atoms with Gasteiger partial charge in [-0.2, -0.15) is 0 Å². The highest BCUT2D eigenvalue weighted by Crippen LogP contribution is 2.39. The Kier molecular flexibility index (Phi) is 7.11. The maximum absolute atomic E-state index is 13.7. The van der Waals surface area contributed by atoms with E-state index in [0.29, 0.717) is 30.2 Å². The molecule has 0 N–H and O–H groups in total. The summed E-state index contributed by atoms with van der Waals surface area (Å²) in [5, 5.41) is 0. The maximum atomic E-state index is 13.7. The van der Waals surface area contributed by atoms with E-state index in [-0.39, 0.29) is 11.9 Å². The van der Waals surface area contributed by atoms with Gasteiger partial charge in [0.1, 0.15) is 12.4 Å². The van der Waals surface area contributed by atoms with Crippen molar-refractivity contribution >= 4 is 5.91 Å². The van der Waals surface area contributed by atoms with Gasteiger partial charge in [0.15, 0.2) is 11.5 Å². The van der Waals surface area contributed by atoms with Crippen molar-refractivity contribution in [3.63, 3.8) is 0 Å². The number of carbonyl (C=O) groups excluding carboxylic acids is 1. The third kappa shape index (κ3) is 4.74. The smallest absolute Gasteiger partial charge is 0.254 e. The van der Waals surface area contributed by atoms with Gasteiger partial charge < -0.3 is 19.1 Å². The lowest BCUT2D eigenvalue weighted by Crippen LogP contribution is -2.42. The predicted octanol–water partition coefficient (Wildman–Crippen LogP) is 5.70. The molecule has 0 spiro atoms. The van der Waals surface area contributed by atoms with Crippen LogP contribution in [0.5, 0.6) is 17.2 Å². The summed E-state index contributed by atoms with van der Waals surface area (Å²) in [7, 11) is 3.27. The second-order valence-electron chi connectivity index (χ2n) is 8.78. The summed E-state index contributed by atoms with van der Waals surface area (Å²) >= 11 is 0. The quantitative estimate of drug-likeness (QED) is 0.455. The van der Waals surface area contributed by atoms with E-state index in [2.05, 4.69) is 26.0 Å². The van der Waals surface area contributed by atoms with Gasteiger partial charge in [-0.3, -0.25) is 4.79 Å². The first-order chi connectivity index (χ1) is 16.4. The van der Waals surface area contributed by atoms with Gasteiger partial charge >= 0.3 is 0 Å². The number of nitrogens with zero attached hydrogens (tertiary/aromatic N) is 1. The molecule has 1 heterocycles. The molecule has 1 aliphatic heterocycles. The number of methoxy groups -OCH3 is 2. The molecule has 3 aromatic carbocycles. The van der Waals surface area contributed by atoms with Gasteiger partial charge in [0, 0.05) is 12.1 Å². The van der Waals surface area contributed by atoms with Gasteiger partial charge in [0.05, 0.1) is 20.3 Å². The fourth-order valence-corrected chi connectivity index (χ4v) is 4.49. The molecule has 5 heteroatoms. The van der Waals surface area contributed by atoms with Gasteiger partial charge in [-0.1, -0.05) is 25.1 Å². The number of amides is 1. The minimum Gasteiger partial charge on any atom is -0.493 e. The molecular formula is C29H33NO4. The zero-order valence-electron chi connectivity index (χ0n) is 20.7. The van der Waals surface area contributed by atoms with E-state index >= 15 is 0 Å². The highest BCUT2D eigenvalue weighted by Gasteiger charge is 2.33. The normalized spacial score (nSPS) is 15.0. The molecule has 0 aromatic heterocycles. The van der Waals surface area contributed by atoms with Crippen LogP contribution >= 0.6 is 0 Å². The average Bonchev–Trinajstić information content (AvgIpc) is 2.87. The predicted molar refractivity (Wildman–Crippen MR) is 134 cm³/mol. The molecule has 1 amide bonds. The monoisotopic (exact) mass is 459 g/mol. The van der Waals surface area contributed by atoms with Crippen molar-refractivity contribution in [3.8, 4) is 17.2 Å². The van der Waals surface area contributed by atoms with Crippen LogP contribution in [-0.4, -0.2) is 38.2 Å². The molecule has 1 atom stereocenters. The third-order valence-corrected chi connectivity index (χ3v) is 6.76. The molecule has 1 unspecified atom stereocenters. The minimum absolute atomic E-state index is 0.0125. The lowest BCUT2D eigenvalue weighted by atomic mass is 9.91. The van der Waals surface area contributed by atoms with Crippen molar-refractivity contribution in [1.29, 1.82) is 0 Å². The van der Waals surface area contributed by atoms with Gasteiger partial charge in [-0.25, -0.2) is 0 Å². The molecule has 3 aromatic rings. The van der Waals surface area contributed by atoms with Gasteiger partial charge in [0.25, 0.3) is 5.91 Å². The second-order valence-corrected chi connectivity index (χ2v) is 8.78. The Morgan fingerprint density at radius 3 is 2.29 bits per heavy atom. The van der Waals surface area contributed by atoms with Crippen LogP contribution < -0.4 is 14.2 Å². The van der Waals surface area contributed by atoms with E-state index < -0.39 is 0 Å². The summed E-state index contributed by atoms with van der Waals surface area (Å²) in [6, 6.07) is 17.8. The van der Waals surface area contributed by atoms with E-state index in [0.717, 1.165) is 35.3 Å². The summed E-state index contributed by atoms with van der Waals surface area (Å²) in [6.45, 7) is 7.19. The maximum Gasteiger partial charge on any atom is 0.254 e. The van der Waals surface area contributed by atoms with Crippen molar-refractivity contribution in [2.75, 3.05) is 27.4 Å². The fraction of sp³-hybridized carbons (Fsp3) is 0.345. The number of benzene rings is 3.